The van der Waals surface area contributed by atoms with Crippen LogP contribution in [0.3, 0.4) is 0 Å². The Hall–Kier alpha value is -3.27. The van der Waals surface area contributed by atoms with Crippen LogP contribution >= 0.6 is 0 Å². The topological polar surface area (TPSA) is 105 Å². The molecular formula is C26H35N3O6S. The average Bonchev–Trinajstić information content (AvgIpc) is 3.34. The highest BCUT2D eigenvalue weighted by molar-refractivity contribution is 7.92. The summed E-state index contributed by atoms with van der Waals surface area (Å²) in [7, 11) is -3.81. The maximum absolute atomic E-state index is 13.7. The number of nitrogens with zero attached hydrogens (tertiary/aromatic N) is 2. The van der Waals surface area contributed by atoms with Gasteiger partial charge in [0.25, 0.3) is 0 Å². The summed E-state index contributed by atoms with van der Waals surface area (Å²) in [6, 6.07) is 11.6. The summed E-state index contributed by atoms with van der Waals surface area (Å²) in [6.07, 6.45) is 1.76. The molecule has 0 radical (unpaired) electrons. The Morgan fingerprint density at radius 1 is 1.08 bits per heavy atom. The Balaban J connectivity index is 1.92. The van der Waals surface area contributed by atoms with E-state index in [0.29, 0.717) is 23.7 Å². The van der Waals surface area contributed by atoms with Gasteiger partial charge in [-0.05, 0) is 50.5 Å². The van der Waals surface area contributed by atoms with Gasteiger partial charge in [-0.1, -0.05) is 37.6 Å². The molecule has 2 amide bonds. The van der Waals surface area contributed by atoms with Crippen molar-refractivity contribution in [2.75, 3.05) is 29.9 Å². The number of ether oxygens (including phenoxy) is 2. The number of hydrogen-bond donors (Lipinski definition) is 1. The molecule has 0 saturated heterocycles. The summed E-state index contributed by atoms with van der Waals surface area (Å²) in [5.41, 5.74) is 2.15. The van der Waals surface area contributed by atoms with Gasteiger partial charge < -0.3 is 19.7 Å². The first-order valence-corrected chi connectivity index (χ1v) is 13.8. The molecule has 0 fully saturated rings. The van der Waals surface area contributed by atoms with E-state index in [4.69, 9.17) is 9.47 Å². The number of hydrogen-bond acceptors (Lipinski definition) is 6. The summed E-state index contributed by atoms with van der Waals surface area (Å²) < 4.78 is 37.9. The highest BCUT2D eigenvalue weighted by atomic mass is 32.2. The molecule has 0 unspecified atom stereocenters. The third-order valence-electron chi connectivity index (χ3n) is 6.22. The Labute approximate surface area is 213 Å². The summed E-state index contributed by atoms with van der Waals surface area (Å²) in [5, 5.41) is 2.88. The molecule has 196 valence electrons. The molecule has 1 aliphatic heterocycles. The molecule has 10 heteroatoms. The first-order valence-electron chi connectivity index (χ1n) is 12.2. The van der Waals surface area contributed by atoms with E-state index in [1.165, 1.54) is 11.8 Å². The maximum Gasteiger partial charge on any atom is 0.244 e. The van der Waals surface area contributed by atoms with Gasteiger partial charge in [-0.15, -0.1) is 0 Å². The van der Waals surface area contributed by atoms with Crippen LogP contribution in [0.5, 0.6) is 11.5 Å². The van der Waals surface area contributed by atoms with E-state index >= 15 is 0 Å². The molecule has 0 aromatic heterocycles. The average molecular weight is 518 g/mol. The minimum Gasteiger partial charge on any atom is -0.454 e. The van der Waals surface area contributed by atoms with Crippen molar-refractivity contribution >= 4 is 27.5 Å². The quantitative estimate of drug-likeness (QED) is 0.434. The molecular weight excluding hydrogens is 482 g/mol. The van der Waals surface area contributed by atoms with Gasteiger partial charge >= 0.3 is 0 Å². The molecule has 3 rings (SSSR count). The van der Waals surface area contributed by atoms with Crippen LogP contribution in [0.4, 0.5) is 5.69 Å². The SMILES string of the molecule is CCCCNC(=O)[C@@H](C)N(Cc1ccccc1C)C(=O)CN(c1ccc2c(c1)OCO2)S(=O)(=O)CC. The van der Waals surface area contributed by atoms with Crippen molar-refractivity contribution in [2.45, 2.75) is 53.1 Å². The van der Waals surface area contributed by atoms with E-state index in [9.17, 15) is 18.0 Å². The zero-order chi connectivity index (χ0) is 26.3. The zero-order valence-corrected chi connectivity index (χ0v) is 22.1. The number of benzene rings is 2. The first-order chi connectivity index (χ1) is 17.2. The van der Waals surface area contributed by atoms with Gasteiger partial charge in [-0.2, -0.15) is 0 Å². The van der Waals surface area contributed by atoms with Crippen LogP contribution in [0, 0.1) is 6.92 Å². The van der Waals surface area contributed by atoms with E-state index < -0.39 is 28.5 Å². The van der Waals surface area contributed by atoms with Crippen molar-refractivity contribution in [3.8, 4) is 11.5 Å². The fraction of sp³-hybridized carbons (Fsp3) is 0.462. The maximum atomic E-state index is 13.7. The lowest BCUT2D eigenvalue weighted by Crippen LogP contribution is -2.51. The highest BCUT2D eigenvalue weighted by Gasteiger charge is 2.31. The fourth-order valence-corrected chi connectivity index (χ4v) is 4.90. The number of sulfonamides is 1. The molecule has 0 aliphatic carbocycles. The number of carbonyl (C=O) groups excluding carboxylic acids is 2. The van der Waals surface area contributed by atoms with Gasteiger partial charge in [0.15, 0.2) is 11.5 Å². The fourth-order valence-electron chi connectivity index (χ4n) is 3.85. The van der Waals surface area contributed by atoms with Crippen LogP contribution in [0.15, 0.2) is 42.5 Å². The van der Waals surface area contributed by atoms with Gasteiger partial charge in [0, 0.05) is 19.2 Å². The lowest BCUT2D eigenvalue weighted by molar-refractivity contribution is -0.139. The molecule has 0 saturated carbocycles. The van der Waals surface area contributed by atoms with Crippen molar-refractivity contribution < 1.29 is 27.5 Å². The molecule has 9 nitrogen and oxygen atoms in total. The van der Waals surface area contributed by atoms with Crippen LogP contribution in [0.2, 0.25) is 0 Å². The Bertz CT molecular complexity index is 1180. The summed E-state index contributed by atoms with van der Waals surface area (Å²) in [4.78, 5) is 28.0. The summed E-state index contributed by atoms with van der Waals surface area (Å²) in [6.45, 7) is 7.44. The molecule has 1 heterocycles. The normalized spacial score (nSPS) is 13.2. The van der Waals surface area contributed by atoms with Crippen LogP contribution in [-0.4, -0.2) is 56.8 Å². The minimum absolute atomic E-state index is 0.0487. The summed E-state index contributed by atoms with van der Waals surface area (Å²) >= 11 is 0. The molecule has 0 bridgehead atoms. The van der Waals surface area contributed by atoms with E-state index in [1.807, 2.05) is 38.1 Å². The molecule has 2 aromatic carbocycles. The molecule has 1 N–H and O–H groups in total. The second-order valence-electron chi connectivity index (χ2n) is 8.71. The van der Waals surface area contributed by atoms with Crippen molar-refractivity contribution in [2.24, 2.45) is 0 Å². The van der Waals surface area contributed by atoms with E-state index in [0.717, 1.165) is 28.3 Å². The van der Waals surface area contributed by atoms with Crippen molar-refractivity contribution in [1.82, 2.24) is 10.2 Å². The number of nitrogens with one attached hydrogen (secondary N) is 1. The van der Waals surface area contributed by atoms with Crippen molar-refractivity contribution in [1.29, 1.82) is 0 Å². The summed E-state index contributed by atoms with van der Waals surface area (Å²) in [5.74, 6) is -0.0295. The predicted molar refractivity (Wildman–Crippen MR) is 138 cm³/mol. The van der Waals surface area contributed by atoms with Crippen LogP contribution in [-0.2, 0) is 26.2 Å². The molecule has 36 heavy (non-hydrogen) atoms. The standard InChI is InChI=1S/C26H35N3O6S/c1-5-7-14-27-26(31)20(4)28(16-21-11-9-8-10-19(21)3)25(30)17-29(36(32,33)6-2)22-12-13-23-24(15-22)35-18-34-23/h8-13,15,20H,5-7,14,16-18H2,1-4H3,(H,27,31)/t20-/m1/s1. The third-order valence-corrected chi connectivity index (χ3v) is 7.96. The van der Waals surface area contributed by atoms with Crippen LogP contribution < -0.4 is 19.1 Å². The number of fused-ring (bicyclic) bond motifs is 1. The van der Waals surface area contributed by atoms with E-state index in [1.54, 1.807) is 25.1 Å². The van der Waals surface area contributed by atoms with Crippen LogP contribution in [0.1, 0.15) is 44.7 Å². The van der Waals surface area contributed by atoms with Gasteiger partial charge in [0.2, 0.25) is 28.6 Å². The largest absolute Gasteiger partial charge is 0.454 e. The van der Waals surface area contributed by atoms with Gasteiger partial charge in [0.05, 0.1) is 11.4 Å². The highest BCUT2D eigenvalue weighted by Crippen LogP contribution is 2.36. The number of anilines is 1. The molecule has 1 atom stereocenters. The Morgan fingerprint density at radius 3 is 2.50 bits per heavy atom. The number of rotatable bonds is 12. The van der Waals surface area contributed by atoms with Crippen molar-refractivity contribution in [3.63, 3.8) is 0 Å². The Morgan fingerprint density at radius 2 is 1.81 bits per heavy atom. The van der Waals surface area contributed by atoms with Gasteiger partial charge in [-0.25, -0.2) is 8.42 Å². The first kappa shape index (κ1) is 27.3. The number of aryl methyl sites for hydroxylation is 1. The predicted octanol–water partition coefficient (Wildman–Crippen LogP) is 3.21. The smallest absolute Gasteiger partial charge is 0.244 e. The lowest BCUT2D eigenvalue weighted by atomic mass is 10.1. The number of unbranched alkanes of at least 4 members (excludes halogenated alkanes) is 1. The lowest BCUT2D eigenvalue weighted by Gasteiger charge is -2.32. The van der Waals surface area contributed by atoms with Crippen LogP contribution in [0.25, 0.3) is 0 Å². The molecule has 1 aliphatic rings. The van der Waals surface area contributed by atoms with Crippen molar-refractivity contribution in [3.05, 3.63) is 53.6 Å². The number of amides is 2. The van der Waals surface area contributed by atoms with Gasteiger partial charge in [-0.3, -0.25) is 13.9 Å². The third kappa shape index (κ3) is 6.48. The monoisotopic (exact) mass is 517 g/mol. The second-order valence-corrected chi connectivity index (χ2v) is 10.9. The number of carbonyl (C=O) groups is 2. The molecule has 2 aromatic rings. The Kier molecular flexibility index (Phi) is 9.19. The second kappa shape index (κ2) is 12.1. The van der Waals surface area contributed by atoms with E-state index in [2.05, 4.69) is 5.32 Å². The van der Waals surface area contributed by atoms with Gasteiger partial charge in [0.1, 0.15) is 12.6 Å². The minimum atomic E-state index is -3.81. The molecule has 0 spiro atoms. The van der Waals surface area contributed by atoms with E-state index in [-0.39, 0.29) is 25.0 Å². The zero-order valence-electron chi connectivity index (χ0n) is 21.3.